The topological polar surface area (TPSA) is 93.7 Å². The van der Waals surface area contributed by atoms with Gasteiger partial charge in [0.2, 0.25) is 0 Å². The summed E-state index contributed by atoms with van der Waals surface area (Å²) in [6.45, 7) is 3.05. The minimum absolute atomic E-state index is 0.0595. The number of halogens is 2. The van der Waals surface area contributed by atoms with Crippen LogP contribution in [-0.2, 0) is 14.3 Å². The third-order valence-corrected chi connectivity index (χ3v) is 3.59. The molecule has 1 heterocycles. The molecule has 7 nitrogen and oxygen atoms in total. The Morgan fingerprint density at radius 3 is 2.31 bits per heavy atom. The number of hydrogen-bond donors (Lipinski definition) is 2. The summed E-state index contributed by atoms with van der Waals surface area (Å²) in [7, 11) is 0. The van der Waals surface area contributed by atoms with Gasteiger partial charge in [0.25, 0.3) is 0 Å². The number of esters is 2. The molecule has 0 aliphatic carbocycles. The highest BCUT2D eigenvalue weighted by molar-refractivity contribution is 5.95. The molecule has 9 heteroatoms. The van der Waals surface area contributed by atoms with E-state index in [0.717, 1.165) is 12.1 Å². The predicted octanol–water partition coefficient (Wildman–Crippen LogP) is 2.03. The molecule has 0 fully saturated rings. The van der Waals surface area contributed by atoms with Gasteiger partial charge in [-0.25, -0.2) is 23.2 Å². The number of ether oxygens (including phenoxy) is 2. The zero-order valence-corrected chi connectivity index (χ0v) is 14.2. The van der Waals surface area contributed by atoms with E-state index in [1.165, 1.54) is 0 Å². The van der Waals surface area contributed by atoms with Crippen LogP contribution >= 0.6 is 0 Å². The van der Waals surface area contributed by atoms with E-state index >= 15 is 0 Å². The van der Waals surface area contributed by atoms with Crippen molar-refractivity contribution in [3.05, 3.63) is 46.7 Å². The van der Waals surface area contributed by atoms with Crippen molar-refractivity contribution in [1.29, 1.82) is 0 Å². The first-order valence-corrected chi connectivity index (χ1v) is 7.96. The second-order valence-corrected chi connectivity index (χ2v) is 5.41. The molecule has 26 heavy (non-hydrogen) atoms. The monoisotopic (exact) mass is 368 g/mol. The Hall–Kier alpha value is -2.97. The fourth-order valence-corrected chi connectivity index (χ4v) is 2.47. The van der Waals surface area contributed by atoms with Crippen molar-refractivity contribution >= 4 is 18.0 Å². The number of urea groups is 1. The highest BCUT2D eigenvalue weighted by atomic mass is 19.1. The summed E-state index contributed by atoms with van der Waals surface area (Å²) in [6, 6.07) is 1.09. The van der Waals surface area contributed by atoms with Crippen molar-refractivity contribution in [2.24, 2.45) is 0 Å². The average molecular weight is 368 g/mol. The van der Waals surface area contributed by atoms with Crippen LogP contribution < -0.4 is 10.6 Å². The minimum Gasteiger partial charge on any atom is -0.463 e. The van der Waals surface area contributed by atoms with Gasteiger partial charge in [0.1, 0.15) is 18.2 Å². The van der Waals surface area contributed by atoms with Gasteiger partial charge in [-0.1, -0.05) is 6.92 Å². The highest BCUT2D eigenvalue weighted by Gasteiger charge is 2.32. The molecule has 0 unspecified atom stereocenters. The smallest absolute Gasteiger partial charge is 0.338 e. The summed E-state index contributed by atoms with van der Waals surface area (Å²) in [6.07, 6.45) is 0.411. The summed E-state index contributed by atoms with van der Waals surface area (Å²) < 4.78 is 36.4. The summed E-state index contributed by atoms with van der Waals surface area (Å²) in [5.41, 5.74) is -0.135. The zero-order chi connectivity index (χ0) is 19.3. The van der Waals surface area contributed by atoms with E-state index < -0.39 is 42.3 Å². The number of benzene rings is 1. The van der Waals surface area contributed by atoms with E-state index in [4.69, 9.17) is 9.47 Å². The van der Waals surface area contributed by atoms with Crippen molar-refractivity contribution in [1.82, 2.24) is 10.6 Å². The van der Waals surface area contributed by atoms with E-state index in [-0.39, 0.29) is 23.4 Å². The normalized spacial score (nSPS) is 16.6. The first-order chi connectivity index (χ1) is 12.3. The maximum Gasteiger partial charge on any atom is 0.338 e. The van der Waals surface area contributed by atoms with Crippen LogP contribution in [-0.4, -0.2) is 37.2 Å². The van der Waals surface area contributed by atoms with Gasteiger partial charge in [0.15, 0.2) is 0 Å². The first kappa shape index (κ1) is 19.4. The lowest BCUT2D eigenvalue weighted by molar-refractivity contribution is -0.139. The maximum absolute atomic E-state index is 13.2. The van der Waals surface area contributed by atoms with Gasteiger partial charge in [0, 0.05) is 6.07 Å². The third kappa shape index (κ3) is 4.56. The Morgan fingerprint density at radius 1 is 1.08 bits per heavy atom. The fourth-order valence-electron chi connectivity index (χ4n) is 2.47. The quantitative estimate of drug-likeness (QED) is 0.750. The van der Waals surface area contributed by atoms with Gasteiger partial charge in [-0.2, -0.15) is 0 Å². The van der Waals surface area contributed by atoms with Crippen LogP contribution in [0.3, 0.4) is 0 Å². The SMILES string of the molecule is CCOC(=O)C1=C(COC(=O)c2cc(F)cc(F)c2)NC(=O)N[C@H]1CC. The van der Waals surface area contributed by atoms with Crippen LogP contribution in [0.1, 0.15) is 30.6 Å². The lowest BCUT2D eigenvalue weighted by Gasteiger charge is -2.28. The molecule has 2 rings (SSSR count). The molecule has 1 aliphatic rings. The van der Waals surface area contributed by atoms with E-state index in [1.54, 1.807) is 13.8 Å². The number of rotatable bonds is 6. The molecule has 0 saturated carbocycles. The minimum atomic E-state index is -1.00. The number of carbonyl (C=O) groups excluding carboxylic acids is 3. The molecular formula is C17H18F2N2O5. The van der Waals surface area contributed by atoms with Crippen molar-refractivity contribution in [2.75, 3.05) is 13.2 Å². The Morgan fingerprint density at radius 2 is 1.73 bits per heavy atom. The first-order valence-electron chi connectivity index (χ1n) is 7.96. The average Bonchev–Trinajstić information content (AvgIpc) is 2.58. The second-order valence-electron chi connectivity index (χ2n) is 5.41. The highest BCUT2D eigenvalue weighted by Crippen LogP contribution is 2.18. The molecule has 1 aromatic carbocycles. The van der Waals surface area contributed by atoms with Crippen LogP contribution in [0, 0.1) is 11.6 Å². The summed E-state index contributed by atoms with van der Waals surface area (Å²) in [4.78, 5) is 35.9. The number of carbonyl (C=O) groups is 3. The summed E-state index contributed by atoms with van der Waals surface area (Å²) >= 11 is 0. The van der Waals surface area contributed by atoms with Gasteiger partial charge in [-0.3, -0.25) is 0 Å². The Balaban J connectivity index is 2.23. The number of hydrogen-bond acceptors (Lipinski definition) is 5. The van der Waals surface area contributed by atoms with Gasteiger partial charge in [-0.05, 0) is 25.5 Å². The third-order valence-electron chi connectivity index (χ3n) is 3.59. The van der Waals surface area contributed by atoms with Crippen LogP contribution in [0.25, 0.3) is 0 Å². The molecule has 140 valence electrons. The van der Waals surface area contributed by atoms with Crippen molar-refractivity contribution < 1.29 is 32.6 Å². The van der Waals surface area contributed by atoms with E-state index in [0.29, 0.717) is 12.5 Å². The van der Waals surface area contributed by atoms with Gasteiger partial charge in [-0.15, -0.1) is 0 Å². The molecule has 0 saturated heterocycles. The maximum atomic E-state index is 13.2. The fraction of sp³-hybridized carbons (Fsp3) is 0.353. The van der Waals surface area contributed by atoms with Crippen LogP contribution in [0.4, 0.5) is 13.6 Å². The summed E-state index contributed by atoms with van der Waals surface area (Å²) in [5, 5.41) is 4.97. The molecule has 0 spiro atoms. The Labute approximate surface area is 148 Å². The largest absolute Gasteiger partial charge is 0.463 e. The Bertz CT molecular complexity index is 743. The molecule has 1 aromatic rings. The second kappa shape index (κ2) is 8.41. The lowest BCUT2D eigenvalue weighted by atomic mass is 10.0. The predicted molar refractivity (Wildman–Crippen MR) is 86.0 cm³/mol. The molecule has 0 bridgehead atoms. The van der Waals surface area contributed by atoms with Crippen LogP contribution in [0.2, 0.25) is 0 Å². The molecule has 1 atom stereocenters. The Kier molecular flexibility index (Phi) is 6.26. The van der Waals surface area contributed by atoms with Crippen LogP contribution in [0.5, 0.6) is 0 Å². The standard InChI is InChI=1S/C17H18F2N2O5/c1-3-12-14(16(23)25-4-2)13(21-17(24)20-12)8-26-15(22)9-5-10(18)7-11(19)6-9/h5-7,12H,3-4,8H2,1-2H3,(H2,20,21,24)/t12-/m0/s1. The van der Waals surface area contributed by atoms with Gasteiger partial charge >= 0.3 is 18.0 Å². The molecule has 0 radical (unpaired) electrons. The van der Waals surface area contributed by atoms with E-state index in [1.807, 2.05) is 0 Å². The lowest BCUT2D eigenvalue weighted by Crippen LogP contribution is -2.51. The molecule has 2 N–H and O–H groups in total. The van der Waals surface area contributed by atoms with Crippen molar-refractivity contribution in [2.45, 2.75) is 26.3 Å². The van der Waals surface area contributed by atoms with Crippen molar-refractivity contribution in [3.63, 3.8) is 0 Å². The van der Waals surface area contributed by atoms with E-state index in [9.17, 15) is 23.2 Å². The van der Waals surface area contributed by atoms with Crippen molar-refractivity contribution in [3.8, 4) is 0 Å². The molecule has 0 aromatic heterocycles. The summed E-state index contributed by atoms with van der Waals surface area (Å²) in [5.74, 6) is -3.51. The van der Waals surface area contributed by atoms with Crippen LogP contribution in [0.15, 0.2) is 29.5 Å². The molecule has 1 aliphatic heterocycles. The van der Waals surface area contributed by atoms with Gasteiger partial charge in [0.05, 0.1) is 29.5 Å². The molecule has 2 amide bonds. The number of nitrogens with one attached hydrogen (secondary N) is 2. The van der Waals surface area contributed by atoms with Gasteiger partial charge < -0.3 is 20.1 Å². The number of amides is 2. The molecular weight excluding hydrogens is 350 g/mol. The van der Waals surface area contributed by atoms with E-state index in [2.05, 4.69) is 10.6 Å². The zero-order valence-electron chi connectivity index (χ0n) is 14.2.